The molecule has 1 aliphatic rings. The van der Waals surface area contributed by atoms with Crippen LogP contribution in [0.4, 0.5) is 0 Å². The van der Waals surface area contributed by atoms with Crippen molar-refractivity contribution in [1.82, 2.24) is 9.80 Å². The minimum Gasteiger partial charge on any atom is -0.508 e. The molecule has 1 aromatic rings. The minimum absolute atomic E-state index is 0.137. The van der Waals surface area contributed by atoms with Crippen molar-refractivity contribution < 1.29 is 10.2 Å². The van der Waals surface area contributed by atoms with Gasteiger partial charge in [-0.2, -0.15) is 0 Å². The summed E-state index contributed by atoms with van der Waals surface area (Å²) in [5.74, 6) is 0.355. The first-order valence-corrected chi connectivity index (χ1v) is 6.98. The van der Waals surface area contributed by atoms with Crippen molar-refractivity contribution in [2.75, 3.05) is 39.8 Å². The lowest BCUT2D eigenvalue weighted by Crippen LogP contribution is -2.44. The molecule has 4 nitrogen and oxygen atoms in total. The Hall–Kier alpha value is -1.26. The molecule has 0 atom stereocenters. The summed E-state index contributed by atoms with van der Waals surface area (Å²) in [6.45, 7) is 7.57. The van der Waals surface area contributed by atoms with E-state index < -0.39 is 0 Å². The molecule has 4 heteroatoms. The van der Waals surface area contributed by atoms with Gasteiger partial charge in [-0.15, -0.1) is 0 Å². The van der Waals surface area contributed by atoms with Gasteiger partial charge >= 0.3 is 0 Å². The molecular weight excluding hydrogens is 240 g/mol. The van der Waals surface area contributed by atoms with E-state index in [1.807, 2.05) is 6.92 Å². The van der Waals surface area contributed by atoms with E-state index in [0.717, 1.165) is 56.7 Å². The second-order valence-electron chi connectivity index (χ2n) is 5.51. The highest BCUT2D eigenvalue weighted by atomic mass is 16.3. The molecule has 2 N–H and O–H groups in total. The maximum Gasteiger partial charge on any atom is 0.122 e. The van der Waals surface area contributed by atoms with Gasteiger partial charge in [0.25, 0.3) is 0 Å². The van der Waals surface area contributed by atoms with Crippen molar-refractivity contribution in [1.29, 1.82) is 0 Å². The maximum absolute atomic E-state index is 9.86. The number of likely N-dealkylation sites (N-methyl/N-ethyl adjacent to an activating group) is 1. The highest BCUT2D eigenvalue weighted by Gasteiger charge is 2.14. The first-order chi connectivity index (χ1) is 9.06. The highest BCUT2D eigenvalue weighted by Crippen LogP contribution is 2.27. The Balaban J connectivity index is 1.83. The quantitative estimate of drug-likeness (QED) is 0.867. The molecule has 0 unspecified atom stereocenters. The molecule has 106 valence electrons. The van der Waals surface area contributed by atoms with Crippen LogP contribution in [-0.2, 0) is 6.42 Å². The average molecular weight is 264 g/mol. The summed E-state index contributed by atoms with van der Waals surface area (Å²) in [6, 6.07) is 3.14. The number of hydrogen-bond acceptors (Lipinski definition) is 4. The molecule has 0 bridgehead atoms. The minimum atomic E-state index is 0.137. The average Bonchev–Trinajstić information content (AvgIpc) is 2.34. The maximum atomic E-state index is 9.86. The van der Waals surface area contributed by atoms with Gasteiger partial charge in [-0.3, -0.25) is 0 Å². The highest BCUT2D eigenvalue weighted by molar-refractivity contribution is 5.44. The van der Waals surface area contributed by atoms with Gasteiger partial charge in [0, 0.05) is 32.2 Å². The summed E-state index contributed by atoms with van der Waals surface area (Å²) in [5, 5.41) is 19.3. The molecule has 19 heavy (non-hydrogen) atoms. The van der Waals surface area contributed by atoms with E-state index in [4.69, 9.17) is 0 Å². The Morgan fingerprint density at radius 2 is 1.79 bits per heavy atom. The van der Waals surface area contributed by atoms with Crippen molar-refractivity contribution in [3.8, 4) is 11.5 Å². The Morgan fingerprint density at radius 3 is 2.42 bits per heavy atom. The molecular formula is C15H24N2O2. The lowest BCUT2D eigenvalue weighted by Gasteiger charge is -2.32. The predicted molar refractivity (Wildman–Crippen MR) is 76.8 cm³/mol. The number of rotatable bonds is 4. The SMILES string of the molecule is Cc1cc(O)cc(O)c1CCCN1CCN(C)CC1. The normalized spacial score (nSPS) is 17.8. The van der Waals surface area contributed by atoms with Crippen LogP contribution in [0.25, 0.3) is 0 Å². The van der Waals surface area contributed by atoms with Crippen LogP contribution in [0.15, 0.2) is 12.1 Å². The Labute approximate surface area is 115 Å². The van der Waals surface area contributed by atoms with E-state index in [-0.39, 0.29) is 11.5 Å². The van der Waals surface area contributed by atoms with Crippen LogP contribution in [0.1, 0.15) is 17.5 Å². The topological polar surface area (TPSA) is 46.9 Å². The van der Waals surface area contributed by atoms with E-state index in [1.54, 1.807) is 6.07 Å². The predicted octanol–water partition coefficient (Wildman–Crippen LogP) is 1.59. The van der Waals surface area contributed by atoms with Crippen LogP contribution < -0.4 is 0 Å². The van der Waals surface area contributed by atoms with E-state index in [1.165, 1.54) is 6.07 Å². The summed E-state index contributed by atoms with van der Waals surface area (Å²) in [5.41, 5.74) is 1.93. The van der Waals surface area contributed by atoms with Gasteiger partial charge in [0.2, 0.25) is 0 Å². The molecule has 1 fully saturated rings. The Morgan fingerprint density at radius 1 is 1.11 bits per heavy atom. The number of hydrogen-bond donors (Lipinski definition) is 2. The second kappa shape index (κ2) is 6.26. The van der Waals surface area contributed by atoms with Crippen LogP contribution in [-0.4, -0.2) is 59.8 Å². The molecule has 0 spiro atoms. The van der Waals surface area contributed by atoms with E-state index in [2.05, 4.69) is 16.8 Å². The van der Waals surface area contributed by atoms with Crippen molar-refractivity contribution in [2.24, 2.45) is 0 Å². The van der Waals surface area contributed by atoms with Crippen LogP contribution >= 0.6 is 0 Å². The van der Waals surface area contributed by atoms with E-state index >= 15 is 0 Å². The Kier molecular flexibility index (Phi) is 4.66. The summed E-state index contributed by atoms with van der Waals surface area (Å²) in [6.07, 6.45) is 1.91. The number of nitrogens with zero attached hydrogens (tertiary/aromatic N) is 2. The van der Waals surface area contributed by atoms with Crippen molar-refractivity contribution >= 4 is 0 Å². The molecule has 0 saturated carbocycles. The number of phenols is 2. The number of phenolic OH excluding ortho intramolecular Hbond substituents is 2. The first kappa shape index (κ1) is 14.2. The third kappa shape index (κ3) is 3.85. The van der Waals surface area contributed by atoms with Gasteiger partial charge in [0.05, 0.1) is 0 Å². The van der Waals surface area contributed by atoms with Crippen LogP contribution in [0, 0.1) is 6.92 Å². The van der Waals surface area contributed by atoms with Crippen molar-refractivity contribution in [3.63, 3.8) is 0 Å². The molecule has 2 rings (SSSR count). The smallest absolute Gasteiger partial charge is 0.122 e. The molecule has 1 aromatic carbocycles. The summed E-state index contributed by atoms with van der Waals surface area (Å²) < 4.78 is 0. The third-order valence-electron chi connectivity index (χ3n) is 3.93. The molecule has 0 amide bonds. The van der Waals surface area contributed by atoms with Gasteiger partial charge in [-0.05, 0) is 50.6 Å². The summed E-state index contributed by atoms with van der Waals surface area (Å²) >= 11 is 0. The van der Waals surface area contributed by atoms with Crippen LogP contribution in [0.2, 0.25) is 0 Å². The zero-order valence-electron chi connectivity index (χ0n) is 11.9. The summed E-state index contributed by atoms with van der Waals surface area (Å²) in [7, 11) is 2.16. The van der Waals surface area contributed by atoms with Crippen molar-refractivity contribution in [3.05, 3.63) is 23.3 Å². The fraction of sp³-hybridized carbons (Fsp3) is 0.600. The summed E-state index contributed by atoms with van der Waals surface area (Å²) in [4.78, 5) is 4.83. The fourth-order valence-corrected chi connectivity index (χ4v) is 2.66. The van der Waals surface area contributed by atoms with Crippen LogP contribution in [0.3, 0.4) is 0 Å². The zero-order valence-corrected chi connectivity index (χ0v) is 11.9. The third-order valence-corrected chi connectivity index (χ3v) is 3.93. The first-order valence-electron chi connectivity index (χ1n) is 6.98. The lowest BCUT2D eigenvalue weighted by atomic mass is 10.0. The lowest BCUT2D eigenvalue weighted by molar-refractivity contribution is 0.153. The van der Waals surface area contributed by atoms with E-state index in [9.17, 15) is 10.2 Å². The van der Waals surface area contributed by atoms with Gasteiger partial charge < -0.3 is 20.0 Å². The second-order valence-corrected chi connectivity index (χ2v) is 5.51. The molecule has 0 radical (unpaired) electrons. The van der Waals surface area contributed by atoms with Gasteiger partial charge in [0.1, 0.15) is 11.5 Å². The Bertz CT molecular complexity index is 403. The molecule has 1 saturated heterocycles. The van der Waals surface area contributed by atoms with Gasteiger partial charge in [-0.1, -0.05) is 0 Å². The van der Waals surface area contributed by atoms with Crippen molar-refractivity contribution in [2.45, 2.75) is 19.8 Å². The zero-order chi connectivity index (χ0) is 13.8. The molecule has 0 aromatic heterocycles. The monoisotopic (exact) mass is 264 g/mol. The number of aryl methyl sites for hydroxylation is 1. The van der Waals surface area contributed by atoms with Gasteiger partial charge in [0.15, 0.2) is 0 Å². The molecule has 0 aliphatic carbocycles. The number of piperazine rings is 1. The van der Waals surface area contributed by atoms with E-state index in [0.29, 0.717) is 0 Å². The molecule has 1 heterocycles. The number of benzene rings is 1. The largest absolute Gasteiger partial charge is 0.508 e. The standard InChI is InChI=1S/C15H24N2O2/c1-12-10-13(18)11-15(19)14(12)4-3-5-17-8-6-16(2)7-9-17/h10-11,18-19H,3-9H2,1-2H3. The number of aromatic hydroxyl groups is 2. The van der Waals surface area contributed by atoms with Crippen LogP contribution in [0.5, 0.6) is 11.5 Å². The molecule has 1 aliphatic heterocycles. The fourth-order valence-electron chi connectivity index (χ4n) is 2.66. The van der Waals surface area contributed by atoms with Gasteiger partial charge in [-0.25, -0.2) is 0 Å².